The molecule has 2 aromatic rings. The zero-order valence-electron chi connectivity index (χ0n) is 7.78. The van der Waals surface area contributed by atoms with Crippen LogP contribution < -0.4 is 10.4 Å². The number of aromatic hydroxyl groups is 1. The molecule has 2 rings (SSSR count). The van der Waals surface area contributed by atoms with Gasteiger partial charge in [-0.2, -0.15) is 0 Å². The Bertz CT molecular complexity index is 573. The van der Waals surface area contributed by atoms with Crippen molar-refractivity contribution < 1.29 is 14.3 Å². The van der Waals surface area contributed by atoms with Crippen molar-refractivity contribution in [2.24, 2.45) is 0 Å². The molecule has 0 bridgehead atoms. The van der Waals surface area contributed by atoms with Crippen LogP contribution >= 0.6 is 15.9 Å². The number of halogens is 1. The second kappa shape index (κ2) is 3.58. The summed E-state index contributed by atoms with van der Waals surface area (Å²) < 4.78 is 9.98. The van der Waals surface area contributed by atoms with Crippen LogP contribution in [0.15, 0.2) is 31.9 Å². The lowest BCUT2D eigenvalue weighted by Crippen LogP contribution is -1.99. The lowest BCUT2D eigenvalue weighted by atomic mass is 10.2. The van der Waals surface area contributed by atoms with Crippen LogP contribution in [0.3, 0.4) is 0 Å². The molecular weight excluding hydrogens is 264 g/mol. The van der Waals surface area contributed by atoms with Crippen LogP contribution in [0.4, 0.5) is 0 Å². The zero-order valence-corrected chi connectivity index (χ0v) is 9.37. The molecule has 1 aromatic carbocycles. The first kappa shape index (κ1) is 10.0. The summed E-state index contributed by atoms with van der Waals surface area (Å²) >= 11 is 2.95. The van der Waals surface area contributed by atoms with Gasteiger partial charge in [0, 0.05) is 6.07 Å². The largest absolute Gasteiger partial charge is 0.506 e. The Labute approximate surface area is 93.2 Å². The third-order valence-electron chi connectivity index (χ3n) is 2.03. The fourth-order valence-corrected chi connectivity index (χ4v) is 1.56. The highest BCUT2D eigenvalue weighted by Gasteiger charge is 2.11. The van der Waals surface area contributed by atoms with Crippen molar-refractivity contribution in [3.05, 3.63) is 33.1 Å². The molecule has 0 amide bonds. The quantitative estimate of drug-likeness (QED) is 0.808. The zero-order chi connectivity index (χ0) is 11.0. The SMILES string of the molecule is COc1ccc2c(O)c(Br)c(=O)oc2c1. The third-order valence-corrected chi connectivity index (χ3v) is 2.73. The van der Waals surface area contributed by atoms with E-state index in [4.69, 9.17) is 9.15 Å². The Balaban J connectivity index is 2.86. The number of rotatable bonds is 1. The number of benzene rings is 1. The lowest BCUT2D eigenvalue weighted by Gasteiger charge is -2.03. The fraction of sp³-hybridized carbons (Fsp3) is 0.100. The second-order valence-electron chi connectivity index (χ2n) is 2.91. The molecule has 0 spiro atoms. The monoisotopic (exact) mass is 270 g/mol. The summed E-state index contributed by atoms with van der Waals surface area (Å²) in [5, 5.41) is 10.1. The highest BCUT2D eigenvalue weighted by atomic mass is 79.9. The van der Waals surface area contributed by atoms with Gasteiger partial charge in [0.05, 0.1) is 12.5 Å². The predicted octanol–water partition coefficient (Wildman–Crippen LogP) is 2.27. The van der Waals surface area contributed by atoms with Crippen LogP contribution in [0.25, 0.3) is 11.0 Å². The molecule has 0 atom stereocenters. The van der Waals surface area contributed by atoms with Crippen LogP contribution in [0, 0.1) is 0 Å². The summed E-state index contributed by atoms with van der Waals surface area (Å²) in [6, 6.07) is 4.84. The highest BCUT2D eigenvalue weighted by molar-refractivity contribution is 9.10. The maximum Gasteiger partial charge on any atom is 0.354 e. The van der Waals surface area contributed by atoms with Crippen LogP contribution in [0.2, 0.25) is 0 Å². The van der Waals surface area contributed by atoms with E-state index >= 15 is 0 Å². The Morgan fingerprint density at radius 2 is 2.20 bits per heavy atom. The van der Waals surface area contributed by atoms with Gasteiger partial charge in [-0.05, 0) is 28.1 Å². The maximum absolute atomic E-state index is 11.2. The molecule has 0 unspecified atom stereocenters. The van der Waals surface area contributed by atoms with Gasteiger partial charge in [-0.3, -0.25) is 0 Å². The minimum absolute atomic E-state index is 0.0279. The van der Waals surface area contributed by atoms with Crippen molar-refractivity contribution in [1.82, 2.24) is 0 Å². The van der Waals surface area contributed by atoms with Gasteiger partial charge >= 0.3 is 5.63 Å². The molecule has 0 fully saturated rings. The molecule has 1 heterocycles. The van der Waals surface area contributed by atoms with E-state index in [1.165, 1.54) is 7.11 Å². The summed E-state index contributed by atoms with van der Waals surface area (Å²) in [5.41, 5.74) is -0.326. The van der Waals surface area contributed by atoms with E-state index in [0.717, 1.165) is 0 Å². The van der Waals surface area contributed by atoms with E-state index in [1.807, 2.05) is 0 Å². The molecule has 0 saturated carbocycles. The van der Waals surface area contributed by atoms with Gasteiger partial charge in [0.15, 0.2) is 0 Å². The number of hydrogen-bond donors (Lipinski definition) is 1. The van der Waals surface area contributed by atoms with Crippen molar-refractivity contribution in [2.75, 3.05) is 7.11 Å². The molecule has 0 aliphatic carbocycles. The van der Waals surface area contributed by atoms with Gasteiger partial charge in [-0.25, -0.2) is 4.79 Å². The highest BCUT2D eigenvalue weighted by Crippen LogP contribution is 2.31. The minimum atomic E-state index is -0.617. The Morgan fingerprint density at radius 1 is 1.47 bits per heavy atom. The third kappa shape index (κ3) is 1.59. The molecule has 0 aliphatic rings. The average molecular weight is 271 g/mol. The number of hydrogen-bond acceptors (Lipinski definition) is 4. The first-order chi connectivity index (χ1) is 7.13. The standard InChI is InChI=1S/C10H7BrO4/c1-14-5-2-3-6-7(4-5)15-10(13)8(11)9(6)12/h2-4,12H,1H3. The predicted molar refractivity (Wildman–Crippen MR) is 58.4 cm³/mol. The van der Waals surface area contributed by atoms with Crippen LogP contribution in [-0.2, 0) is 0 Å². The number of methoxy groups -OCH3 is 1. The van der Waals surface area contributed by atoms with Gasteiger partial charge < -0.3 is 14.3 Å². The first-order valence-electron chi connectivity index (χ1n) is 4.13. The molecule has 15 heavy (non-hydrogen) atoms. The van der Waals surface area contributed by atoms with E-state index in [0.29, 0.717) is 16.7 Å². The van der Waals surface area contributed by atoms with E-state index < -0.39 is 5.63 Å². The van der Waals surface area contributed by atoms with Crippen LogP contribution in [0.1, 0.15) is 0 Å². The smallest absolute Gasteiger partial charge is 0.354 e. The van der Waals surface area contributed by atoms with Gasteiger partial charge in [0.25, 0.3) is 0 Å². The molecule has 1 N–H and O–H groups in total. The summed E-state index contributed by atoms with van der Waals surface area (Å²) in [6.07, 6.45) is 0. The maximum atomic E-state index is 11.2. The molecule has 4 nitrogen and oxygen atoms in total. The Morgan fingerprint density at radius 3 is 2.87 bits per heavy atom. The average Bonchev–Trinajstić information content (AvgIpc) is 2.25. The van der Waals surface area contributed by atoms with Gasteiger partial charge in [0.1, 0.15) is 21.6 Å². The van der Waals surface area contributed by atoms with E-state index in [2.05, 4.69) is 15.9 Å². The van der Waals surface area contributed by atoms with Crippen LogP contribution in [-0.4, -0.2) is 12.2 Å². The van der Waals surface area contributed by atoms with Crippen molar-refractivity contribution in [1.29, 1.82) is 0 Å². The van der Waals surface area contributed by atoms with Gasteiger partial charge in [-0.15, -0.1) is 0 Å². The molecule has 0 aliphatic heterocycles. The fourth-order valence-electron chi connectivity index (χ4n) is 1.27. The normalized spacial score (nSPS) is 10.5. The van der Waals surface area contributed by atoms with Crippen LogP contribution in [0.5, 0.6) is 11.5 Å². The Hall–Kier alpha value is -1.49. The molecule has 78 valence electrons. The summed E-state index contributed by atoms with van der Waals surface area (Å²) in [6.45, 7) is 0. The summed E-state index contributed by atoms with van der Waals surface area (Å²) in [5.74, 6) is 0.441. The molecule has 5 heteroatoms. The van der Waals surface area contributed by atoms with Gasteiger partial charge in [-0.1, -0.05) is 0 Å². The van der Waals surface area contributed by atoms with E-state index in [9.17, 15) is 9.90 Å². The summed E-state index contributed by atoms with van der Waals surface area (Å²) in [4.78, 5) is 11.2. The van der Waals surface area contributed by atoms with Gasteiger partial charge in [0.2, 0.25) is 0 Å². The van der Waals surface area contributed by atoms with E-state index in [1.54, 1.807) is 18.2 Å². The number of ether oxygens (including phenoxy) is 1. The molecule has 0 saturated heterocycles. The number of fused-ring (bicyclic) bond motifs is 1. The van der Waals surface area contributed by atoms with E-state index in [-0.39, 0.29) is 10.2 Å². The van der Waals surface area contributed by atoms with Crippen molar-refractivity contribution in [2.45, 2.75) is 0 Å². The van der Waals surface area contributed by atoms with Crippen molar-refractivity contribution in [3.63, 3.8) is 0 Å². The molecule has 1 aromatic heterocycles. The molecule has 0 radical (unpaired) electrons. The topological polar surface area (TPSA) is 59.7 Å². The second-order valence-corrected chi connectivity index (χ2v) is 3.71. The summed E-state index contributed by atoms with van der Waals surface area (Å²) in [7, 11) is 1.51. The van der Waals surface area contributed by atoms with Crippen molar-refractivity contribution in [3.8, 4) is 11.5 Å². The Kier molecular flexibility index (Phi) is 2.40. The molecular formula is C10H7BrO4. The first-order valence-corrected chi connectivity index (χ1v) is 4.92. The minimum Gasteiger partial charge on any atom is -0.506 e. The lowest BCUT2D eigenvalue weighted by molar-refractivity contribution is 0.413. The van der Waals surface area contributed by atoms with Crippen molar-refractivity contribution >= 4 is 26.9 Å².